The van der Waals surface area contributed by atoms with Gasteiger partial charge in [0.25, 0.3) is 5.24 Å². The van der Waals surface area contributed by atoms with Gasteiger partial charge in [0, 0.05) is 5.75 Å². The average molecular weight is 191 g/mol. The van der Waals surface area contributed by atoms with Gasteiger partial charge in [0.05, 0.1) is 0 Å². The molecule has 0 aromatic carbocycles. The van der Waals surface area contributed by atoms with Crippen molar-refractivity contribution in [3.8, 4) is 0 Å². The van der Waals surface area contributed by atoms with Gasteiger partial charge in [0.2, 0.25) is 5.91 Å². The molecule has 5 heteroatoms. The summed E-state index contributed by atoms with van der Waals surface area (Å²) in [5.41, 5.74) is 0. The molecule has 1 rings (SSSR count). The van der Waals surface area contributed by atoms with Gasteiger partial charge in [-0.15, -0.1) is 0 Å². The largest absolute Gasteiger partial charge is 0.286 e. The second-order valence-corrected chi connectivity index (χ2v) is 4.85. The molecular weight excluding hydrogens is 182 g/mol. The smallest absolute Gasteiger partial charge is 0.286 e. The third kappa shape index (κ3) is 1.70. The lowest BCUT2D eigenvalue weighted by atomic mass is 10.2. The Morgan fingerprint density at radius 3 is 2.64 bits per heavy atom. The predicted octanol–water partition coefficient (Wildman–Crippen LogP) is 1.09. The number of carbonyl (C=O) groups excluding carboxylic acids is 2. The van der Waals surface area contributed by atoms with E-state index >= 15 is 0 Å². The van der Waals surface area contributed by atoms with Crippen molar-refractivity contribution in [2.24, 2.45) is 0 Å². The van der Waals surface area contributed by atoms with E-state index in [-0.39, 0.29) is 11.1 Å². The Balaban J connectivity index is 2.70. The summed E-state index contributed by atoms with van der Waals surface area (Å²) in [5, 5.41) is 2.03. The molecule has 0 aromatic rings. The zero-order chi connectivity index (χ0) is 8.48. The Labute approximate surface area is 73.7 Å². The molecule has 1 aliphatic heterocycles. The number of hydrogen-bond acceptors (Lipinski definition) is 4. The van der Waals surface area contributed by atoms with Crippen molar-refractivity contribution in [1.82, 2.24) is 5.32 Å². The summed E-state index contributed by atoms with van der Waals surface area (Å²) in [6.07, 6.45) is 1.92. The molecule has 0 saturated carbocycles. The fraction of sp³-hybridized carbons (Fsp3) is 0.667. The van der Waals surface area contributed by atoms with Crippen LogP contribution in [-0.4, -0.2) is 27.9 Å². The van der Waals surface area contributed by atoms with Crippen molar-refractivity contribution in [2.75, 3.05) is 12.0 Å². The van der Waals surface area contributed by atoms with E-state index in [0.717, 1.165) is 11.8 Å². The second kappa shape index (κ2) is 3.06. The molecule has 0 spiro atoms. The molecule has 62 valence electrons. The Kier molecular flexibility index (Phi) is 2.49. The predicted molar refractivity (Wildman–Crippen MR) is 47.9 cm³/mol. The molecular formula is C6H9NO2S2. The minimum absolute atomic E-state index is 0.165. The zero-order valence-corrected chi connectivity index (χ0v) is 7.97. The minimum Gasteiger partial charge on any atom is -0.286 e. The molecule has 1 aliphatic rings. The summed E-state index contributed by atoms with van der Waals surface area (Å²) in [6, 6.07) is 0. The molecule has 1 unspecified atom stereocenters. The molecule has 0 radical (unpaired) electrons. The molecule has 0 aromatic heterocycles. The summed E-state index contributed by atoms with van der Waals surface area (Å²) in [5.74, 6) is 0.511. The van der Waals surface area contributed by atoms with Crippen LogP contribution in [0.5, 0.6) is 0 Å². The maximum Gasteiger partial charge on any atom is 0.286 e. The molecule has 0 bridgehead atoms. The van der Waals surface area contributed by atoms with Crippen molar-refractivity contribution in [2.45, 2.75) is 11.7 Å². The topological polar surface area (TPSA) is 46.2 Å². The number of hydrogen-bond donors (Lipinski definition) is 1. The van der Waals surface area contributed by atoms with Crippen LogP contribution >= 0.6 is 23.5 Å². The van der Waals surface area contributed by atoms with Gasteiger partial charge in [-0.1, -0.05) is 0 Å². The van der Waals surface area contributed by atoms with E-state index in [1.807, 2.05) is 6.26 Å². The third-order valence-electron chi connectivity index (χ3n) is 1.43. The van der Waals surface area contributed by atoms with Crippen LogP contribution in [0.15, 0.2) is 0 Å². The number of amides is 2. The second-order valence-electron chi connectivity index (χ2n) is 2.51. The van der Waals surface area contributed by atoms with Crippen molar-refractivity contribution in [1.29, 1.82) is 0 Å². The van der Waals surface area contributed by atoms with Crippen molar-refractivity contribution in [3.05, 3.63) is 0 Å². The van der Waals surface area contributed by atoms with E-state index in [2.05, 4.69) is 5.32 Å². The minimum atomic E-state index is -0.545. The van der Waals surface area contributed by atoms with E-state index in [9.17, 15) is 9.59 Å². The number of thioether (sulfide) groups is 2. The van der Waals surface area contributed by atoms with E-state index in [1.165, 1.54) is 0 Å². The Bertz CT molecular complexity index is 207. The van der Waals surface area contributed by atoms with Gasteiger partial charge in [0.15, 0.2) is 0 Å². The Morgan fingerprint density at radius 2 is 2.27 bits per heavy atom. The first-order valence-corrected chi connectivity index (χ1v) is 5.33. The molecule has 11 heavy (non-hydrogen) atoms. The van der Waals surface area contributed by atoms with Gasteiger partial charge in [-0.2, -0.15) is 11.8 Å². The van der Waals surface area contributed by atoms with Crippen LogP contribution in [0.1, 0.15) is 6.92 Å². The average Bonchev–Trinajstić information content (AvgIpc) is 2.08. The lowest BCUT2D eigenvalue weighted by Crippen LogP contribution is -2.35. The SMILES string of the molecule is CSCC1(C)SC(=O)NC1=O. The highest BCUT2D eigenvalue weighted by molar-refractivity contribution is 8.16. The summed E-state index contributed by atoms with van der Waals surface area (Å²) in [4.78, 5) is 21.9. The number of imide groups is 1. The standard InChI is InChI=1S/C6H9NO2S2/c1-6(3-10-2)4(8)7-5(9)11-6/h3H2,1-2H3,(H,7,8,9). The maximum atomic E-state index is 11.1. The van der Waals surface area contributed by atoms with Gasteiger partial charge in [0.1, 0.15) is 4.75 Å². The van der Waals surface area contributed by atoms with Crippen LogP contribution in [0.3, 0.4) is 0 Å². The normalized spacial score (nSPS) is 30.7. The Hall–Kier alpha value is -0.160. The van der Waals surface area contributed by atoms with Gasteiger partial charge < -0.3 is 0 Å². The fourth-order valence-electron chi connectivity index (χ4n) is 0.872. The Morgan fingerprint density at radius 1 is 1.64 bits per heavy atom. The van der Waals surface area contributed by atoms with Crippen molar-refractivity contribution in [3.63, 3.8) is 0 Å². The first-order chi connectivity index (χ1) is 5.08. The summed E-state index contributed by atoms with van der Waals surface area (Å²) in [6.45, 7) is 1.79. The van der Waals surface area contributed by atoms with Crippen LogP contribution < -0.4 is 5.32 Å². The van der Waals surface area contributed by atoms with Gasteiger partial charge >= 0.3 is 0 Å². The van der Waals surface area contributed by atoms with E-state index in [4.69, 9.17) is 0 Å². The number of nitrogens with one attached hydrogen (secondary N) is 1. The first kappa shape index (κ1) is 8.93. The molecule has 1 saturated heterocycles. The zero-order valence-electron chi connectivity index (χ0n) is 6.34. The molecule has 3 nitrogen and oxygen atoms in total. The van der Waals surface area contributed by atoms with E-state index in [0.29, 0.717) is 5.75 Å². The molecule has 1 heterocycles. The van der Waals surface area contributed by atoms with Crippen LogP contribution in [0.2, 0.25) is 0 Å². The van der Waals surface area contributed by atoms with E-state index < -0.39 is 4.75 Å². The van der Waals surface area contributed by atoms with Crippen LogP contribution in [0.4, 0.5) is 4.79 Å². The monoisotopic (exact) mass is 191 g/mol. The highest BCUT2D eigenvalue weighted by Crippen LogP contribution is 2.33. The molecule has 1 fully saturated rings. The highest BCUT2D eigenvalue weighted by atomic mass is 32.2. The van der Waals surface area contributed by atoms with Gasteiger partial charge in [-0.05, 0) is 24.9 Å². The van der Waals surface area contributed by atoms with E-state index in [1.54, 1.807) is 18.7 Å². The summed E-state index contributed by atoms with van der Waals surface area (Å²) < 4.78 is -0.545. The lowest BCUT2D eigenvalue weighted by Gasteiger charge is -2.15. The maximum absolute atomic E-state index is 11.1. The number of carbonyl (C=O) groups is 2. The van der Waals surface area contributed by atoms with Crippen LogP contribution in [-0.2, 0) is 4.79 Å². The van der Waals surface area contributed by atoms with Gasteiger partial charge in [-0.3, -0.25) is 14.9 Å². The molecule has 0 aliphatic carbocycles. The number of rotatable bonds is 2. The highest BCUT2D eigenvalue weighted by Gasteiger charge is 2.43. The molecule has 2 amide bonds. The van der Waals surface area contributed by atoms with Crippen molar-refractivity contribution < 1.29 is 9.59 Å². The van der Waals surface area contributed by atoms with Crippen molar-refractivity contribution >= 4 is 34.7 Å². The lowest BCUT2D eigenvalue weighted by molar-refractivity contribution is -0.120. The quantitative estimate of drug-likeness (QED) is 0.709. The molecule has 1 atom stereocenters. The summed E-state index contributed by atoms with van der Waals surface area (Å²) in [7, 11) is 0. The van der Waals surface area contributed by atoms with Crippen LogP contribution in [0.25, 0.3) is 0 Å². The molecule has 1 N–H and O–H groups in total. The van der Waals surface area contributed by atoms with Gasteiger partial charge in [-0.25, -0.2) is 0 Å². The van der Waals surface area contributed by atoms with Crippen LogP contribution in [0, 0.1) is 0 Å². The fourth-order valence-corrected chi connectivity index (χ4v) is 2.84. The third-order valence-corrected chi connectivity index (χ3v) is 3.55. The first-order valence-electron chi connectivity index (χ1n) is 3.12. The summed E-state index contributed by atoms with van der Waals surface area (Å²) >= 11 is 2.65.